The van der Waals surface area contributed by atoms with Crippen LogP contribution in [0.5, 0.6) is 17.2 Å². The van der Waals surface area contributed by atoms with Gasteiger partial charge in [-0.15, -0.1) is 0 Å². The van der Waals surface area contributed by atoms with Crippen molar-refractivity contribution in [2.45, 2.75) is 6.92 Å². The number of halogens is 1. The van der Waals surface area contributed by atoms with Gasteiger partial charge in [0.15, 0.2) is 5.15 Å². The lowest BCUT2D eigenvalue weighted by atomic mass is 10.1. The number of hydrogen-bond donors (Lipinski definition) is 1. The number of amides is 1. The van der Waals surface area contributed by atoms with Crippen molar-refractivity contribution in [2.24, 2.45) is 5.10 Å². The van der Waals surface area contributed by atoms with Crippen molar-refractivity contribution in [3.63, 3.8) is 0 Å². The van der Waals surface area contributed by atoms with Crippen LogP contribution in [-0.2, 0) is 0 Å². The molecule has 9 heteroatoms. The van der Waals surface area contributed by atoms with E-state index < -0.39 is 5.91 Å². The van der Waals surface area contributed by atoms with Gasteiger partial charge in [0.05, 0.1) is 33.2 Å². The SMILES string of the molecule is CCOc1ccc(-c2nc(C(=O)N/N=C/c3cc(OC)cc(OC)c3)cnc2Cl)cc1. The standard InChI is InChI=1S/C22H21ClN4O4/c1-4-31-16-7-5-15(6-8-16)20-21(23)24-13-19(26-20)22(28)27-25-12-14-9-17(29-2)11-18(10-14)30-3/h5-13H,4H2,1-3H3,(H,27,28)/b25-12+. The average Bonchev–Trinajstić information content (AvgIpc) is 2.80. The number of rotatable bonds is 8. The van der Waals surface area contributed by atoms with Gasteiger partial charge in [0, 0.05) is 17.2 Å². The molecule has 31 heavy (non-hydrogen) atoms. The Balaban J connectivity index is 1.75. The molecule has 0 saturated carbocycles. The molecule has 160 valence electrons. The van der Waals surface area contributed by atoms with E-state index in [9.17, 15) is 4.79 Å². The third kappa shape index (κ3) is 5.70. The second kappa shape index (κ2) is 10.4. The summed E-state index contributed by atoms with van der Waals surface area (Å²) in [6.07, 6.45) is 2.76. The average molecular weight is 441 g/mol. The lowest BCUT2D eigenvalue weighted by Gasteiger charge is -2.07. The Labute approximate surface area is 184 Å². The molecule has 1 aromatic heterocycles. The van der Waals surface area contributed by atoms with Crippen molar-refractivity contribution in [3.8, 4) is 28.5 Å². The molecule has 0 aliphatic heterocycles. The van der Waals surface area contributed by atoms with Gasteiger partial charge in [0.2, 0.25) is 0 Å². The van der Waals surface area contributed by atoms with Gasteiger partial charge in [-0.3, -0.25) is 4.79 Å². The first-order chi connectivity index (χ1) is 15.0. The molecule has 3 aromatic rings. The highest BCUT2D eigenvalue weighted by Gasteiger charge is 2.13. The number of ether oxygens (including phenoxy) is 3. The summed E-state index contributed by atoms with van der Waals surface area (Å²) in [7, 11) is 3.11. The fraction of sp³-hybridized carbons (Fsp3) is 0.182. The number of aromatic nitrogens is 2. The number of carbonyl (C=O) groups is 1. The molecular weight excluding hydrogens is 420 g/mol. The zero-order valence-corrected chi connectivity index (χ0v) is 18.0. The maximum atomic E-state index is 12.5. The van der Waals surface area contributed by atoms with Crippen LogP contribution in [-0.4, -0.2) is 42.9 Å². The van der Waals surface area contributed by atoms with Crippen LogP contribution in [0.4, 0.5) is 0 Å². The lowest BCUT2D eigenvalue weighted by Crippen LogP contribution is -2.19. The minimum atomic E-state index is -0.525. The number of methoxy groups -OCH3 is 2. The summed E-state index contributed by atoms with van der Waals surface area (Å²) in [5.41, 5.74) is 4.29. The van der Waals surface area contributed by atoms with Gasteiger partial charge in [0.1, 0.15) is 28.6 Å². The quantitative estimate of drug-likeness (QED) is 0.420. The van der Waals surface area contributed by atoms with E-state index in [2.05, 4.69) is 20.5 Å². The van der Waals surface area contributed by atoms with Gasteiger partial charge < -0.3 is 14.2 Å². The second-order valence-corrected chi connectivity index (χ2v) is 6.56. The van der Waals surface area contributed by atoms with Gasteiger partial charge in [-0.1, -0.05) is 11.6 Å². The summed E-state index contributed by atoms with van der Waals surface area (Å²) in [5, 5.41) is 4.16. The van der Waals surface area contributed by atoms with Crippen LogP contribution in [0.25, 0.3) is 11.3 Å². The van der Waals surface area contributed by atoms with Crippen molar-refractivity contribution in [1.29, 1.82) is 0 Å². The number of nitrogens with one attached hydrogen (secondary N) is 1. The van der Waals surface area contributed by atoms with Crippen LogP contribution >= 0.6 is 11.6 Å². The van der Waals surface area contributed by atoms with Crippen LogP contribution in [0.2, 0.25) is 5.15 Å². The first-order valence-corrected chi connectivity index (χ1v) is 9.74. The van der Waals surface area contributed by atoms with Crippen molar-refractivity contribution in [1.82, 2.24) is 15.4 Å². The smallest absolute Gasteiger partial charge is 0.291 e. The number of hydrazone groups is 1. The molecule has 1 heterocycles. The molecule has 1 N–H and O–H groups in total. The molecule has 2 aromatic carbocycles. The summed E-state index contributed by atoms with van der Waals surface area (Å²) in [4.78, 5) is 20.9. The summed E-state index contributed by atoms with van der Waals surface area (Å²) in [5.74, 6) is 1.42. The fourth-order valence-electron chi connectivity index (χ4n) is 2.67. The molecule has 0 bridgehead atoms. The predicted octanol–water partition coefficient (Wildman–Crippen LogP) is 3.98. The van der Waals surface area contributed by atoms with E-state index in [1.807, 2.05) is 6.92 Å². The molecule has 0 radical (unpaired) electrons. The van der Waals surface area contributed by atoms with Crippen molar-refractivity contribution >= 4 is 23.7 Å². The second-order valence-electron chi connectivity index (χ2n) is 6.20. The summed E-state index contributed by atoms with van der Waals surface area (Å²) < 4.78 is 15.9. The fourth-order valence-corrected chi connectivity index (χ4v) is 2.87. The van der Waals surface area contributed by atoms with E-state index in [1.54, 1.807) is 56.7 Å². The third-order valence-electron chi connectivity index (χ3n) is 4.15. The number of benzene rings is 2. The Morgan fingerprint density at radius 3 is 2.39 bits per heavy atom. The minimum Gasteiger partial charge on any atom is -0.497 e. The first kappa shape index (κ1) is 22.0. The van der Waals surface area contributed by atoms with Crippen LogP contribution < -0.4 is 19.6 Å². The molecule has 0 spiro atoms. The van der Waals surface area contributed by atoms with E-state index in [-0.39, 0.29) is 10.8 Å². The van der Waals surface area contributed by atoms with Crippen LogP contribution in [0.3, 0.4) is 0 Å². The van der Waals surface area contributed by atoms with Crippen LogP contribution in [0, 0.1) is 0 Å². The molecule has 1 amide bonds. The topological polar surface area (TPSA) is 94.9 Å². The number of hydrogen-bond acceptors (Lipinski definition) is 7. The molecule has 0 unspecified atom stereocenters. The summed E-state index contributed by atoms with van der Waals surface area (Å²) >= 11 is 6.19. The molecule has 0 fully saturated rings. The van der Waals surface area contributed by atoms with Gasteiger partial charge in [-0.2, -0.15) is 5.10 Å². The van der Waals surface area contributed by atoms with Gasteiger partial charge in [-0.05, 0) is 43.3 Å². The van der Waals surface area contributed by atoms with Gasteiger partial charge in [-0.25, -0.2) is 15.4 Å². The van der Waals surface area contributed by atoms with Gasteiger partial charge >= 0.3 is 0 Å². The Morgan fingerprint density at radius 1 is 1.10 bits per heavy atom. The molecule has 0 aliphatic carbocycles. The first-order valence-electron chi connectivity index (χ1n) is 9.36. The Morgan fingerprint density at radius 2 is 1.77 bits per heavy atom. The molecular formula is C22H21ClN4O4. The molecule has 8 nitrogen and oxygen atoms in total. The van der Waals surface area contributed by atoms with Gasteiger partial charge in [0.25, 0.3) is 5.91 Å². The highest BCUT2D eigenvalue weighted by Crippen LogP contribution is 2.26. The van der Waals surface area contributed by atoms with Crippen molar-refractivity contribution in [3.05, 3.63) is 65.1 Å². The lowest BCUT2D eigenvalue weighted by molar-refractivity contribution is 0.0950. The third-order valence-corrected chi connectivity index (χ3v) is 4.43. The Hall–Kier alpha value is -3.65. The summed E-state index contributed by atoms with van der Waals surface area (Å²) in [6.45, 7) is 2.48. The largest absolute Gasteiger partial charge is 0.497 e. The van der Waals surface area contributed by atoms with E-state index in [4.69, 9.17) is 25.8 Å². The van der Waals surface area contributed by atoms with E-state index >= 15 is 0 Å². The van der Waals surface area contributed by atoms with Crippen molar-refractivity contribution in [2.75, 3.05) is 20.8 Å². The number of nitrogens with zero attached hydrogens (tertiary/aromatic N) is 3. The highest BCUT2D eigenvalue weighted by molar-refractivity contribution is 6.31. The van der Waals surface area contributed by atoms with E-state index in [0.717, 1.165) is 5.75 Å². The summed E-state index contributed by atoms with van der Waals surface area (Å²) in [6, 6.07) is 12.5. The number of carbonyl (C=O) groups excluding carboxylic acids is 1. The maximum Gasteiger partial charge on any atom is 0.291 e. The monoisotopic (exact) mass is 440 g/mol. The van der Waals surface area contributed by atoms with Crippen molar-refractivity contribution < 1.29 is 19.0 Å². The molecule has 0 saturated heterocycles. The normalized spacial score (nSPS) is 10.7. The zero-order valence-electron chi connectivity index (χ0n) is 17.3. The highest BCUT2D eigenvalue weighted by atomic mass is 35.5. The van der Waals surface area contributed by atoms with E-state index in [0.29, 0.717) is 34.9 Å². The molecule has 0 atom stereocenters. The zero-order chi connectivity index (χ0) is 22.2. The van der Waals surface area contributed by atoms with Crippen LogP contribution in [0.15, 0.2) is 53.8 Å². The molecule has 3 rings (SSSR count). The Kier molecular flexibility index (Phi) is 7.40. The maximum absolute atomic E-state index is 12.5. The molecule has 0 aliphatic rings. The Bertz CT molecular complexity index is 1070. The van der Waals surface area contributed by atoms with E-state index in [1.165, 1.54) is 12.4 Å². The predicted molar refractivity (Wildman–Crippen MR) is 118 cm³/mol. The minimum absolute atomic E-state index is 0.0775. The van der Waals surface area contributed by atoms with Crippen LogP contribution in [0.1, 0.15) is 23.0 Å².